The number of rotatable bonds is 7. The van der Waals surface area contributed by atoms with Crippen LogP contribution in [0, 0.1) is 5.92 Å². The lowest BCUT2D eigenvalue weighted by Gasteiger charge is -2.35. The minimum absolute atomic E-state index is 0.0963. The number of aliphatic hydroxyl groups is 1. The Morgan fingerprint density at radius 2 is 1.88 bits per heavy atom. The van der Waals surface area contributed by atoms with Crippen LogP contribution >= 0.6 is 0 Å². The highest BCUT2D eigenvalue weighted by molar-refractivity contribution is 5.97. The molecule has 2 atom stereocenters. The molecule has 2 rings (SSSR count). The van der Waals surface area contributed by atoms with Gasteiger partial charge in [-0.25, -0.2) is 0 Å². The summed E-state index contributed by atoms with van der Waals surface area (Å²) in [6.45, 7) is 4.93. The van der Waals surface area contributed by atoms with Crippen molar-refractivity contribution in [3.63, 3.8) is 0 Å². The number of nitrogens with zero attached hydrogens (tertiary/aromatic N) is 1. The zero-order valence-corrected chi connectivity index (χ0v) is 15.3. The van der Waals surface area contributed by atoms with Gasteiger partial charge in [-0.1, -0.05) is 44.9 Å². The number of piperidine rings is 1. The average molecular weight is 346 g/mol. The van der Waals surface area contributed by atoms with Gasteiger partial charge in [0.15, 0.2) is 0 Å². The van der Waals surface area contributed by atoms with E-state index in [1.54, 1.807) is 17.0 Å². The predicted octanol–water partition coefficient (Wildman–Crippen LogP) is 2.59. The molecule has 1 aliphatic rings. The van der Waals surface area contributed by atoms with Gasteiger partial charge >= 0.3 is 0 Å². The van der Waals surface area contributed by atoms with Crippen LogP contribution in [0.25, 0.3) is 0 Å². The number of hydrogen-bond donors (Lipinski definition) is 2. The summed E-state index contributed by atoms with van der Waals surface area (Å²) in [6, 6.07) is 8.65. The Morgan fingerprint density at radius 1 is 1.20 bits per heavy atom. The summed E-state index contributed by atoms with van der Waals surface area (Å²) in [7, 11) is 0. The summed E-state index contributed by atoms with van der Waals surface area (Å²) < 4.78 is 0. The Hall–Kier alpha value is -1.88. The molecule has 0 bridgehead atoms. The van der Waals surface area contributed by atoms with Gasteiger partial charge in [-0.2, -0.15) is 0 Å². The van der Waals surface area contributed by atoms with E-state index < -0.39 is 12.1 Å². The van der Waals surface area contributed by atoms with Crippen LogP contribution in [0.1, 0.15) is 56.3 Å². The number of aliphatic hydroxyl groups excluding tert-OH is 1. The van der Waals surface area contributed by atoms with Crippen molar-refractivity contribution in [2.24, 2.45) is 5.92 Å². The van der Waals surface area contributed by atoms with Crippen molar-refractivity contribution >= 4 is 11.8 Å². The van der Waals surface area contributed by atoms with Crippen LogP contribution in [0.4, 0.5) is 0 Å². The zero-order valence-electron chi connectivity index (χ0n) is 15.3. The summed E-state index contributed by atoms with van der Waals surface area (Å²) in [5.41, 5.74) is 0.610. The van der Waals surface area contributed by atoms with Crippen molar-refractivity contribution in [2.45, 2.75) is 58.1 Å². The molecule has 0 radical (unpaired) electrons. The van der Waals surface area contributed by atoms with Crippen molar-refractivity contribution in [1.82, 2.24) is 10.2 Å². The van der Waals surface area contributed by atoms with E-state index in [0.29, 0.717) is 18.5 Å². The number of amides is 2. The summed E-state index contributed by atoms with van der Waals surface area (Å²) in [5, 5.41) is 13.1. The Kier molecular flexibility index (Phi) is 7.44. The van der Waals surface area contributed by atoms with E-state index in [-0.39, 0.29) is 24.3 Å². The summed E-state index contributed by atoms with van der Waals surface area (Å²) in [5.74, 6) is -0.0660. The molecule has 138 valence electrons. The number of hydrogen-bond acceptors (Lipinski definition) is 3. The molecule has 0 saturated carbocycles. The van der Waals surface area contributed by atoms with Gasteiger partial charge in [0.2, 0.25) is 5.91 Å². The topological polar surface area (TPSA) is 69.6 Å². The fourth-order valence-electron chi connectivity index (χ4n) is 3.52. The Bertz CT molecular complexity index is 557. The molecule has 1 aromatic rings. The third-order valence-corrected chi connectivity index (χ3v) is 5.17. The van der Waals surface area contributed by atoms with Crippen LogP contribution in [0.15, 0.2) is 30.3 Å². The molecule has 0 spiro atoms. The van der Waals surface area contributed by atoms with E-state index in [1.807, 2.05) is 32.0 Å². The van der Waals surface area contributed by atoms with Gasteiger partial charge in [0.05, 0.1) is 6.10 Å². The first-order valence-corrected chi connectivity index (χ1v) is 9.40. The highest BCUT2D eigenvalue weighted by Gasteiger charge is 2.32. The molecule has 25 heavy (non-hydrogen) atoms. The maximum Gasteiger partial charge on any atom is 0.254 e. The summed E-state index contributed by atoms with van der Waals surface area (Å²) >= 11 is 0. The molecule has 5 heteroatoms. The van der Waals surface area contributed by atoms with Gasteiger partial charge in [0.25, 0.3) is 5.91 Å². The van der Waals surface area contributed by atoms with Gasteiger partial charge in [-0.15, -0.1) is 0 Å². The first-order chi connectivity index (χ1) is 12.1. The molecule has 5 nitrogen and oxygen atoms in total. The van der Waals surface area contributed by atoms with Crippen LogP contribution in [0.5, 0.6) is 0 Å². The quantitative estimate of drug-likeness (QED) is 0.797. The molecule has 0 aliphatic carbocycles. The lowest BCUT2D eigenvalue weighted by atomic mass is 9.96. The van der Waals surface area contributed by atoms with Gasteiger partial charge in [0, 0.05) is 18.7 Å². The number of likely N-dealkylation sites (tertiary alicyclic amines) is 1. The fraction of sp³-hybridized carbons (Fsp3) is 0.600. The molecule has 1 aromatic carbocycles. The fourth-order valence-corrected chi connectivity index (χ4v) is 3.52. The number of benzene rings is 1. The van der Waals surface area contributed by atoms with E-state index in [1.165, 1.54) is 0 Å². The van der Waals surface area contributed by atoms with E-state index in [9.17, 15) is 14.7 Å². The molecule has 2 N–H and O–H groups in total. The smallest absolute Gasteiger partial charge is 0.254 e. The van der Waals surface area contributed by atoms with Crippen molar-refractivity contribution < 1.29 is 14.7 Å². The number of nitrogens with one attached hydrogen (secondary N) is 1. The number of carbonyl (C=O) groups is 2. The molecule has 1 fully saturated rings. The highest BCUT2D eigenvalue weighted by atomic mass is 16.3. The lowest BCUT2D eigenvalue weighted by molar-refractivity contribution is -0.127. The summed E-state index contributed by atoms with van der Waals surface area (Å²) in [6.07, 6.45) is 3.75. The van der Waals surface area contributed by atoms with Gasteiger partial charge < -0.3 is 15.3 Å². The molecular weight excluding hydrogens is 316 g/mol. The van der Waals surface area contributed by atoms with Crippen LogP contribution in [0.2, 0.25) is 0 Å². The van der Waals surface area contributed by atoms with Crippen LogP contribution in [-0.4, -0.2) is 47.1 Å². The van der Waals surface area contributed by atoms with Gasteiger partial charge in [-0.05, 0) is 37.3 Å². The summed E-state index contributed by atoms with van der Waals surface area (Å²) in [4.78, 5) is 27.1. The molecule has 2 unspecified atom stereocenters. The Balaban J connectivity index is 2.00. The third-order valence-electron chi connectivity index (χ3n) is 5.17. The first kappa shape index (κ1) is 19.4. The minimum atomic E-state index is -0.541. The van der Waals surface area contributed by atoms with E-state index >= 15 is 0 Å². The normalized spacial score (nSPS) is 18.9. The van der Waals surface area contributed by atoms with Crippen molar-refractivity contribution in [3.05, 3.63) is 35.9 Å². The molecule has 1 aliphatic heterocycles. The lowest BCUT2D eigenvalue weighted by Crippen LogP contribution is -2.53. The number of carbonyl (C=O) groups excluding carboxylic acids is 2. The minimum Gasteiger partial charge on any atom is -0.391 e. The maximum absolute atomic E-state index is 12.8. The maximum atomic E-state index is 12.8. The molecule has 2 amide bonds. The zero-order chi connectivity index (χ0) is 18.2. The second-order valence-corrected chi connectivity index (χ2v) is 6.77. The van der Waals surface area contributed by atoms with E-state index in [4.69, 9.17) is 0 Å². The van der Waals surface area contributed by atoms with Crippen molar-refractivity contribution in [1.29, 1.82) is 0 Å². The highest BCUT2D eigenvalue weighted by Crippen LogP contribution is 2.20. The van der Waals surface area contributed by atoms with Crippen LogP contribution in [-0.2, 0) is 4.79 Å². The monoisotopic (exact) mass is 346 g/mol. The molecular formula is C20H30N2O3. The molecule has 1 heterocycles. The Morgan fingerprint density at radius 3 is 2.52 bits per heavy atom. The average Bonchev–Trinajstić information content (AvgIpc) is 2.67. The molecule has 1 saturated heterocycles. The second-order valence-electron chi connectivity index (χ2n) is 6.77. The van der Waals surface area contributed by atoms with Crippen molar-refractivity contribution in [2.75, 3.05) is 13.1 Å². The van der Waals surface area contributed by atoms with Gasteiger partial charge in [0.1, 0.15) is 6.04 Å². The van der Waals surface area contributed by atoms with E-state index in [0.717, 1.165) is 25.7 Å². The standard InChI is InChI=1S/C20H30N2O3/c1-3-15(4-2)18(23)14-21-19(24)17-12-8-9-13-22(17)20(25)16-10-6-5-7-11-16/h5-7,10-11,15,17-18,23H,3-4,8-9,12-14H2,1-2H3,(H,21,24). The largest absolute Gasteiger partial charge is 0.391 e. The second kappa shape index (κ2) is 9.56. The van der Waals surface area contributed by atoms with E-state index in [2.05, 4.69) is 5.32 Å². The SMILES string of the molecule is CCC(CC)C(O)CNC(=O)C1CCCCN1C(=O)c1ccccc1. The van der Waals surface area contributed by atoms with Crippen LogP contribution < -0.4 is 5.32 Å². The van der Waals surface area contributed by atoms with Crippen molar-refractivity contribution in [3.8, 4) is 0 Å². The predicted molar refractivity (Wildman–Crippen MR) is 98.2 cm³/mol. The Labute approximate surface area is 150 Å². The third kappa shape index (κ3) is 5.05. The molecule has 0 aromatic heterocycles. The van der Waals surface area contributed by atoms with Crippen LogP contribution in [0.3, 0.4) is 0 Å². The first-order valence-electron chi connectivity index (χ1n) is 9.40. The van der Waals surface area contributed by atoms with Gasteiger partial charge in [-0.3, -0.25) is 9.59 Å².